The standard InChI is InChI=1S/C19H19N5O3/c1-11-14-8-13(9-20-18(14)23(3)22-11)21-17(25)10-24-15-6-4-5-7-16(15)27-12(2)19(24)26/h4-9,12H,10H2,1-3H3,(H,21,25)/t12-/m0/s1. The highest BCUT2D eigenvalue weighted by atomic mass is 16.5. The second-order valence-electron chi connectivity index (χ2n) is 6.50. The lowest BCUT2D eigenvalue weighted by molar-refractivity contribution is -0.127. The van der Waals surface area contributed by atoms with Gasteiger partial charge in [0.05, 0.1) is 23.3 Å². The van der Waals surface area contributed by atoms with Gasteiger partial charge in [0.1, 0.15) is 12.3 Å². The van der Waals surface area contributed by atoms with Gasteiger partial charge in [-0.15, -0.1) is 0 Å². The molecule has 1 aliphatic rings. The zero-order chi connectivity index (χ0) is 19.1. The molecule has 0 bridgehead atoms. The van der Waals surface area contributed by atoms with Crippen molar-refractivity contribution in [3.8, 4) is 5.75 Å². The molecule has 0 unspecified atom stereocenters. The highest BCUT2D eigenvalue weighted by molar-refractivity contribution is 6.06. The van der Waals surface area contributed by atoms with Crippen molar-refractivity contribution >= 4 is 34.2 Å². The molecule has 3 heterocycles. The first-order valence-corrected chi connectivity index (χ1v) is 8.60. The second kappa shape index (κ2) is 6.39. The topological polar surface area (TPSA) is 89.4 Å². The lowest BCUT2D eigenvalue weighted by atomic mass is 10.2. The van der Waals surface area contributed by atoms with Gasteiger partial charge in [0, 0.05) is 12.4 Å². The fourth-order valence-electron chi connectivity index (χ4n) is 3.24. The molecule has 2 aromatic heterocycles. The number of ether oxygens (including phenoxy) is 1. The summed E-state index contributed by atoms with van der Waals surface area (Å²) in [5.74, 6) is 0.0296. The number of hydrogen-bond acceptors (Lipinski definition) is 5. The Morgan fingerprint density at radius 3 is 2.93 bits per heavy atom. The molecule has 0 saturated heterocycles. The van der Waals surface area contributed by atoms with Crippen molar-refractivity contribution in [1.29, 1.82) is 0 Å². The second-order valence-corrected chi connectivity index (χ2v) is 6.50. The molecule has 0 spiro atoms. The van der Waals surface area contributed by atoms with Crippen molar-refractivity contribution in [2.45, 2.75) is 20.0 Å². The molecule has 8 nitrogen and oxygen atoms in total. The summed E-state index contributed by atoms with van der Waals surface area (Å²) in [5.41, 5.74) is 2.73. The zero-order valence-corrected chi connectivity index (χ0v) is 15.3. The van der Waals surface area contributed by atoms with Crippen molar-refractivity contribution in [1.82, 2.24) is 14.8 Å². The van der Waals surface area contributed by atoms with Crippen LogP contribution in [0.2, 0.25) is 0 Å². The van der Waals surface area contributed by atoms with E-state index < -0.39 is 6.10 Å². The average Bonchev–Trinajstić information content (AvgIpc) is 2.92. The third-order valence-corrected chi connectivity index (χ3v) is 4.52. The molecular weight excluding hydrogens is 346 g/mol. The Morgan fingerprint density at radius 1 is 1.33 bits per heavy atom. The molecule has 0 radical (unpaired) electrons. The number of benzene rings is 1. The molecule has 1 aromatic carbocycles. The number of carbonyl (C=O) groups excluding carboxylic acids is 2. The molecule has 0 saturated carbocycles. The van der Waals surface area contributed by atoms with E-state index in [9.17, 15) is 9.59 Å². The van der Waals surface area contributed by atoms with Crippen molar-refractivity contribution in [2.75, 3.05) is 16.8 Å². The maximum absolute atomic E-state index is 12.6. The summed E-state index contributed by atoms with van der Waals surface area (Å²) in [6, 6.07) is 9.02. The van der Waals surface area contributed by atoms with Crippen molar-refractivity contribution in [3.63, 3.8) is 0 Å². The molecule has 27 heavy (non-hydrogen) atoms. The van der Waals surface area contributed by atoms with Crippen molar-refractivity contribution < 1.29 is 14.3 Å². The predicted octanol–water partition coefficient (Wildman–Crippen LogP) is 2.03. The van der Waals surface area contributed by atoms with Crippen LogP contribution in [0.5, 0.6) is 5.75 Å². The maximum atomic E-state index is 12.6. The minimum atomic E-state index is -0.635. The van der Waals surface area contributed by atoms with Gasteiger partial charge in [-0.1, -0.05) is 12.1 Å². The minimum Gasteiger partial charge on any atom is -0.479 e. The van der Waals surface area contributed by atoms with Crippen molar-refractivity contribution in [3.05, 3.63) is 42.2 Å². The molecule has 1 atom stereocenters. The molecule has 1 aliphatic heterocycles. The third-order valence-electron chi connectivity index (χ3n) is 4.52. The van der Waals surface area contributed by atoms with Crippen LogP contribution in [0.15, 0.2) is 36.5 Å². The summed E-state index contributed by atoms with van der Waals surface area (Å²) >= 11 is 0. The van der Waals surface area contributed by atoms with Gasteiger partial charge in [-0.25, -0.2) is 4.98 Å². The first kappa shape index (κ1) is 17.0. The highest BCUT2D eigenvalue weighted by Gasteiger charge is 2.32. The van der Waals surface area contributed by atoms with E-state index in [2.05, 4.69) is 15.4 Å². The molecule has 1 N–H and O–H groups in total. The maximum Gasteiger partial charge on any atom is 0.268 e. The Hall–Kier alpha value is -3.42. The Morgan fingerprint density at radius 2 is 2.11 bits per heavy atom. The summed E-state index contributed by atoms with van der Waals surface area (Å²) < 4.78 is 7.29. The van der Waals surface area contributed by atoms with Crippen LogP contribution >= 0.6 is 0 Å². The van der Waals surface area contributed by atoms with E-state index in [0.717, 1.165) is 16.7 Å². The Labute approximate surface area is 155 Å². The van der Waals surface area contributed by atoms with E-state index in [4.69, 9.17) is 4.74 Å². The fourth-order valence-corrected chi connectivity index (χ4v) is 3.24. The number of fused-ring (bicyclic) bond motifs is 2. The third kappa shape index (κ3) is 2.99. The van der Waals surface area contributed by atoms with Gasteiger partial charge in [0.2, 0.25) is 5.91 Å². The molecule has 138 valence electrons. The number of amides is 2. The van der Waals surface area contributed by atoms with Crippen LogP contribution < -0.4 is 15.0 Å². The zero-order valence-electron chi connectivity index (χ0n) is 15.3. The van der Waals surface area contributed by atoms with Gasteiger partial charge in [-0.05, 0) is 32.0 Å². The molecule has 0 aliphatic carbocycles. The van der Waals surface area contributed by atoms with Gasteiger partial charge in [-0.3, -0.25) is 19.2 Å². The summed E-state index contributed by atoms with van der Waals surface area (Å²) in [5, 5.41) is 8.00. The van der Waals surface area contributed by atoms with Crippen molar-refractivity contribution in [2.24, 2.45) is 7.05 Å². The SMILES string of the molecule is Cc1nn(C)c2ncc(NC(=O)CN3C(=O)[C@H](C)Oc4ccccc43)cc12. The minimum absolute atomic E-state index is 0.104. The normalized spacial score (nSPS) is 16.2. The number of aryl methyl sites for hydroxylation is 2. The van der Waals surface area contributed by atoms with Crippen LogP contribution in [0, 0.1) is 6.92 Å². The van der Waals surface area contributed by atoms with E-state index in [0.29, 0.717) is 17.1 Å². The molecular formula is C19H19N5O3. The smallest absolute Gasteiger partial charge is 0.268 e. The molecule has 2 amide bonds. The van der Waals surface area contributed by atoms with Crippen LogP contribution in [0.3, 0.4) is 0 Å². The number of nitrogens with zero attached hydrogens (tertiary/aromatic N) is 4. The summed E-state index contributed by atoms with van der Waals surface area (Å²) in [6.45, 7) is 3.46. The average molecular weight is 365 g/mol. The summed E-state index contributed by atoms with van der Waals surface area (Å²) in [6.07, 6.45) is 0.947. The Kier molecular flexibility index (Phi) is 4.02. The fraction of sp³-hybridized carbons (Fsp3) is 0.263. The molecule has 4 rings (SSSR count). The monoisotopic (exact) mass is 365 g/mol. The summed E-state index contributed by atoms with van der Waals surface area (Å²) in [4.78, 5) is 30.9. The van der Waals surface area contributed by atoms with E-state index in [1.54, 1.807) is 36.0 Å². The van der Waals surface area contributed by atoms with E-state index in [1.807, 2.05) is 26.1 Å². The lowest BCUT2D eigenvalue weighted by Gasteiger charge is -2.32. The number of pyridine rings is 1. The number of rotatable bonds is 3. The van der Waals surface area contributed by atoms with Gasteiger partial charge < -0.3 is 10.1 Å². The predicted molar refractivity (Wildman–Crippen MR) is 101 cm³/mol. The van der Waals surface area contributed by atoms with Crippen LogP contribution in [0.1, 0.15) is 12.6 Å². The first-order chi connectivity index (χ1) is 12.9. The number of aromatic nitrogens is 3. The summed E-state index contributed by atoms with van der Waals surface area (Å²) in [7, 11) is 1.82. The Bertz CT molecular complexity index is 1060. The van der Waals surface area contributed by atoms with Gasteiger partial charge in [-0.2, -0.15) is 5.10 Å². The number of carbonyl (C=O) groups is 2. The molecule has 8 heteroatoms. The molecule has 0 fully saturated rings. The number of hydrogen-bond donors (Lipinski definition) is 1. The number of nitrogens with one attached hydrogen (secondary N) is 1. The van der Waals surface area contributed by atoms with Gasteiger partial charge in [0.15, 0.2) is 11.8 Å². The van der Waals surface area contributed by atoms with E-state index >= 15 is 0 Å². The van der Waals surface area contributed by atoms with Crippen LogP contribution in [0.4, 0.5) is 11.4 Å². The number of para-hydroxylation sites is 2. The molecule has 3 aromatic rings. The quantitative estimate of drug-likeness (QED) is 0.767. The number of anilines is 2. The first-order valence-electron chi connectivity index (χ1n) is 8.60. The van der Waals surface area contributed by atoms with Crippen LogP contribution in [-0.4, -0.2) is 39.2 Å². The lowest BCUT2D eigenvalue weighted by Crippen LogP contribution is -2.47. The van der Waals surface area contributed by atoms with E-state index in [1.165, 1.54) is 4.90 Å². The largest absolute Gasteiger partial charge is 0.479 e. The van der Waals surface area contributed by atoms with Crippen LogP contribution in [0.25, 0.3) is 11.0 Å². The highest BCUT2D eigenvalue weighted by Crippen LogP contribution is 2.33. The van der Waals surface area contributed by atoms with Gasteiger partial charge >= 0.3 is 0 Å². The van der Waals surface area contributed by atoms with Crippen LogP contribution in [-0.2, 0) is 16.6 Å². The van der Waals surface area contributed by atoms with Gasteiger partial charge in [0.25, 0.3) is 5.91 Å². The Balaban J connectivity index is 1.56. The van der Waals surface area contributed by atoms with E-state index in [-0.39, 0.29) is 18.4 Å².